The molecule has 1 aromatic heterocycles. The van der Waals surface area contributed by atoms with Crippen molar-refractivity contribution in [3.8, 4) is 5.75 Å². The highest BCUT2D eigenvalue weighted by Crippen LogP contribution is 2.37. The SMILES string of the molecule is COc1ccc(Cl)cc1C(=O)N(Cc1ccccc1)c1nc2c(C)ccc(Cl)c2s1. The monoisotopic (exact) mass is 456 g/mol. The van der Waals surface area contributed by atoms with Crippen LogP contribution in [-0.4, -0.2) is 18.0 Å². The molecule has 152 valence electrons. The van der Waals surface area contributed by atoms with E-state index < -0.39 is 0 Å². The first kappa shape index (κ1) is 20.7. The molecule has 3 aromatic carbocycles. The zero-order valence-electron chi connectivity index (χ0n) is 16.4. The number of methoxy groups -OCH3 is 1. The maximum atomic E-state index is 13.6. The fraction of sp³-hybridized carbons (Fsp3) is 0.130. The van der Waals surface area contributed by atoms with E-state index in [2.05, 4.69) is 0 Å². The zero-order chi connectivity index (χ0) is 21.3. The molecule has 0 saturated heterocycles. The minimum atomic E-state index is -0.244. The van der Waals surface area contributed by atoms with Crippen LogP contribution in [0.5, 0.6) is 5.75 Å². The first-order valence-electron chi connectivity index (χ1n) is 9.23. The maximum Gasteiger partial charge on any atom is 0.264 e. The Hall–Kier alpha value is -2.60. The van der Waals surface area contributed by atoms with E-state index in [-0.39, 0.29) is 5.91 Å². The van der Waals surface area contributed by atoms with Gasteiger partial charge in [0, 0.05) is 5.02 Å². The number of hydrogen-bond donors (Lipinski definition) is 0. The number of carbonyl (C=O) groups is 1. The summed E-state index contributed by atoms with van der Waals surface area (Å²) in [5.41, 5.74) is 3.16. The van der Waals surface area contributed by atoms with E-state index in [1.165, 1.54) is 18.4 Å². The van der Waals surface area contributed by atoms with E-state index in [9.17, 15) is 4.79 Å². The highest BCUT2D eigenvalue weighted by Gasteiger charge is 2.25. The molecule has 0 aliphatic rings. The van der Waals surface area contributed by atoms with Gasteiger partial charge in [-0.15, -0.1) is 0 Å². The third-order valence-electron chi connectivity index (χ3n) is 4.74. The summed E-state index contributed by atoms with van der Waals surface area (Å²) in [7, 11) is 1.53. The summed E-state index contributed by atoms with van der Waals surface area (Å²) in [5.74, 6) is 0.212. The second-order valence-electron chi connectivity index (χ2n) is 6.76. The van der Waals surface area contributed by atoms with E-state index in [1.54, 1.807) is 23.1 Å². The lowest BCUT2D eigenvalue weighted by molar-refractivity contribution is 0.0982. The van der Waals surface area contributed by atoms with Gasteiger partial charge < -0.3 is 4.74 Å². The van der Waals surface area contributed by atoms with Crippen molar-refractivity contribution in [1.82, 2.24) is 4.98 Å². The molecule has 0 radical (unpaired) electrons. The van der Waals surface area contributed by atoms with Gasteiger partial charge in [0.1, 0.15) is 5.75 Å². The van der Waals surface area contributed by atoms with Crippen LogP contribution in [-0.2, 0) is 6.54 Å². The van der Waals surface area contributed by atoms with Crippen molar-refractivity contribution in [3.63, 3.8) is 0 Å². The lowest BCUT2D eigenvalue weighted by atomic mass is 10.1. The van der Waals surface area contributed by atoms with Crippen LogP contribution in [0.3, 0.4) is 0 Å². The zero-order valence-corrected chi connectivity index (χ0v) is 18.7. The number of halogens is 2. The molecule has 0 aliphatic carbocycles. The van der Waals surface area contributed by atoms with Crippen molar-refractivity contribution in [2.24, 2.45) is 0 Å². The quantitative estimate of drug-likeness (QED) is 0.332. The van der Waals surface area contributed by atoms with Gasteiger partial charge in [-0.1, -0.05) is 70.9 Å². The molecule has 0 fully saturated rings. The van der Waals surface area contributed by atoms with Gasteiger partial charge in [0.15, 0.2) is 5.13 Å². The normalized spacial score (nSPS) is 10.9. The van der Waals surface area contributed by atoms with Crippen LogP contribution in [0.15, 0.2) is 60.7 Å². The average molecular weight is 457 g/mol. The summed E-state index contributed by atoms with van der Waals surface area (Å²) in [4.78, 5) is 20.1. The first-order valence-corrected chi connectivity index (χ1v) is 10.8. The lowest BCUT2D eigenvalue weighted by Crippen LogP contribution is -2.30. The number of thiazole rings is 1. The van der Waals surface area contributed by atoms with Gasteiger partial charge in [-0.2, -0.15) is 0 Å². The number of rotatable bonds is 5. The van der Waals surface area contributed by atoms with Crippen molar-refractivity contribution in [1.29, 1.82) is 0 Å². The Balaban J connectivity index is 1.85. The number of aryl methyl sites for hydroxylation is 1. The van der Waals surface area contributed by atoms with Crippen molar-refractivity contribution in [3.05, 3.63) is 87.4 Å². The van der Waals surface area contributed by atoms with Crippen LogP contribution in [0.4, 0.5) is 5.13 Å². The molecule has 0 atom stereocenters. The van der Waals surface area contributed by atoms with Crippen LogP contribution < -0.4 is 9.64 Å². The second-order valence-corrected chi connectivity index (χ2v) is 8.58. The Morgan fingerprint density at radius 3 is 2.57 bits per heavy atom. The number of ether oxygens (including phenoxy) is 1. The summed E-state index contributed by atoms with van der Waals surface area (Å²) >= 11 is 14.0. The molecule has 7 heteroatoms. The second kappa shape index (κ2) is 8.64. The van der Waals surface area contributed by atoms with E-state index in [4.69, 9.17) is 32.9 Å². The van der Waals surface area contributed by atoms with E-state index >= 15 is 0 Å². The van der Waals surface area contributed by atoms with Gasteiger partial charge in [-0.3, -0.25) is 9.69 Å². The molecular weight excluding hydrogens is 439 g/mol. The fourth-order valence-electron chi connectivity index (χ4n) is 3.19. The summed E-state index contributed by atoms with van der Waals surface area (Å²) < 4.78 is 6.27. The van der Waals surface area contributed by atoms with E-state index in [0.29, 0.717) is 33.0 Å². The highest BCUT2D eigenvalue weighted by atomic mass is 35.5. The Kier molecular flexibility index (Phi) is 5.95. The number of benzene rings is 3. The number of anilines is 1. The number of carbonyl (C=O) groups excluding carboxylic acids is 1. The minimum absolute atomic E-state index is 0.244. The average Bonchev–Trinajstić information content (AvgIpc) is 3.21. The van der Waals surface area contributed by atoms with Crippen molar-refractivity contribution in [2.75, 3.05) is 12.0 Å². The van der Waals surface area contributed by atoms with Crippen LogP contribution in [0.1, 0.15) is 21.5 Å². The van der Waals surface area contributed by atoms with Crippen molar-refractivity contribution >= 4 is 55.8 Å². The maximum absolute atomic E-state index is 13.6. The Labute approximate surface area is 188 Å². The van der Waals surface area contributed by atoms with Crippen LogP contribution in [0, 0.1) is 6.92 Å². The molecule has 4 nitrogen and oxygen atoms in total. The topological polar surface area (TPSA) is 42.4 Å². The number of fused-ring (bicyclic) bond motifs is 1. The molecular formula is C23H18Cl2N2O2S. The Bertz CT molecular complexity index is 1190. The predicted molar refractivity (Wildman–Crippen MR) is 124 cm³/mol. The molecule has 0 aliphatic heterocycles. The molecule has 1 heterocycles. The third-order valence-corrected chi connectivity index (χ3v) is 6.51. The highest BCUT2D eigenvalue weighted by molar-refractivity contribution is 7.23. The first-order chi connectivity index (χ1) is 14.5. The lowest BCUT2D eigenvalue weighted by Gasteiger charge is -2.21. The van der Waals surface area contributed by atoms with Crippen molar-refractivity contribution < 1.29 is 9.53 Å². The van der Waals surface area contributed by atoms with E-state index in [0.717, 1.165) is 21.3 Å². The number of nitrogens with zero attached hydrogens (tertiary/aromatic N) is 2. The van der Waals surface area contributed by atoms with Gasteiger partial charge >= 0.3 is 0 Å². The fourth-order valence-corrected chi connectivity index (χ4v) is 4.68. The molecule has 0 spiro atoms. The smallest absolute Gasteiger partial charge is 0.264 e. The number of amides is 1. The minimum Gasteiger partial charge on any atom is -0.496 e. The van der Waals surface area contributed by atoms with Crippen LogP contribution in [0.2, 0.25) is 10.0 Å². The molecule has 4 rings (SSSR count). The van der Waals surface area contributed by atoms with Gasteiger partial charge in [-0.25, -0.2) is 4.98 Å². The van der Waals surface area contributed by atoms with Crippen molar-refractivity contribution in [2.45, 2.75) is 13.5 Å². The summed E-state index contributed by atoms with van der Waals surface area (Å²) in [6.07, 6.45) is 0. The van der Waals surface area contributed by atoms with Crippen LogP contribution >= 0.6 is 34.5 Å². The van der Waals surface area contributed by atoms with Gasteiger partial charge in [0.2, 0.25) is 0 Å². The summed E-state index contributed by atoms with van der Waals surface area (Å²) in [6, 6.07) is 18.6. The summed E-state index contributed by atoms with van der Waals surface area (Å²) in [6.45, 7) is 2.33. The van der Waals surface area contributed by atoms with E-state index in [1.807, 2.05) is 49.4 Å². The Morgan fingerprint density at radius 1 is 1.10 bits per heavy atom. The molecule has 1 amide bonds. The number of hydrogen-bond acceptors (Lipinski definition) is 4. The molecule has 0 bridgehead atoms. The molecule has 0 N–H and O–H groups in total. The van der Waals surface area contributed by atoms with Crippen LogP contribution in [0.25, 0.3) is 10.2 Å². The summed E-state index contributed by atoms with van der Waals surface area (Å²) in [5, 5.41) is 1.64. The van der Waals surface area contributed by atoms with Gasteiger partial charge in [0.05, 0.1) is 34.5 Å². The molecule has 0 saturated carbocycles. The molecule has 0 unspecified atom stereocenters. The third kappa shape index (κ3) is 4.01. The molecule has 30 heavy (non-hydrogen) atoms. The van der Waals surface area contributed by atoms with Gasteiger partial charge in [-0.05, 0) is 42.3 Å². The number of aromatic nitrogens is 1. The standard InChI is InChI=1S/C23H18Cl2N2O2S/c1-14-8-10-18(25)21-20(14)26-23(30-21)27(13-15-6-4-3-5-7-15)22(28)17-12-16(24)9-11-19(17)29-2/h3-12H,13H2,1-2H3. The van der Waals surface area contributed by atoms with Gasteiger partial charge in [0.25, 0.3) is 5.91 Å². The largest absolute Gasteiger partial charge is 0.496 e. The predicted octanol–water partition coefficient (Wildman–Crippen LogP) is 6.77. The Morgan fingerprint density at radius 2 is 1.87 bits per heavy atom. The molecule has 4 aromatic rings.